The molecule has 0 saturated carbocycles. The maximum Gasteiger partial charge on any atom is 0.472 e. The maximum absolute atomic E-state index is 13.0. The van der Waals surface area contributed by atoms with Gasteiger partial charge in [0.15, 0.2) is 12.2 Å². The molecule has 19 heteroatoms. The minimum absolute atomic E-state index is 0.104. The molecule has 5 atom stereocenters. The molecule has 0 aromatic heterocycles. The van der Waals surface area contributed by atoms with Crippen LogP contribution in [0.1, 0.15) is 364 Å². The molecular weight excluding hydrogens is 1210 g/mol. The van der Waals surface area contributed by atoms with Crippen LogP contribution in [0.4, 0.5) is 0 Å². The molecule has 0 amide bonds. The number of rotatable bonds is 70. The standard InChI is InChI=1S/C73H142O17P2/c1-63(2)49-41-33-25-19-15-12-10-9-11-13-17-21-28-37-45-53-70(75)83-59-68(90-73(78)56-48-40-30-24-23-27-35-43-51-65(5)6)61-87-91(79,80)85-57-67(74)58-86-92(81,82)88-62-69(60-84-71(76)54-46-38-32-31-36-44-52-66(7)8)89-72(77)55-47-39-29-22-18-14-16-20-26-34-42-50-64(3)4/h63-69,74H,9-62H2,1-8H3,(H,79,80)(H,81,82)/t67-,68-,69-/m1/s1. The van der Waals surface area contributed by atoms with E-state index in [0.29, 0.717) is 31.6 Å². The van der Waals surface area contributed by atoms with E-state index in [1.807, 2.05) is 0 Å². The third-order valence-electron chi connectivity index (χ3n) is 16.8. The Morgan fingerprint density at radius 1 is 0.272 bits per heavy atom. The summed E-state index contributed by atoms with van der Waals surface area (Å²) in [6, 6.07) is 0. The van der Waals surface area contributed by atoms with Crippen molar-refractivity contribution < 1.29 is 80.2 Å². The number of phosphoric ester groups is 2. The summed E-state index contributed by atoms with van der Waals surface area (Å²) in [5.41, 5.74) is 0. The van der Waals surface area contributed by atoms with E-state index in [9.17, 15) is 43.2 Å². The summed E-state index contributed by atoms with van der Waals surface area (Å²) in [6.45, 7) is 14.1. The average Bonchev–Trinajstić information content (AvgIpc) is 2.35. The summed E-state index contributed by atoms with van der Waals surface area (Å²) in [4.78, 5) is 72.6. The Morgan fingerprint density at radius 2 is 0.457 bits per heavy atom. The van der Waals surface area contributed by atoms with Crippen LogP contribution in [-0.2, 0) is 65.4 Å². The van der Waals surface area contributed by atoms with Gasteiger partial charge >= 0.3 is 39.5 Å². The molecule has 0 saturated heterocycles. The molecule has 0 heterocycles. The molecule has 92 heavy (non-hydrogen) atoms. The molecule has 0 bridgehead atoms. The smallest absolute Gasteiger partial charge is 0.462 e. The number of carbonyl (C=O) groups excluding carboxylic acids is 4. The van der Waals surface area contributed by atoms with Crippen LogP contribution >= 0.6 is 15.6 Å². The molecule has 546 valence electrons. The molecule has 0 aromatic rings. The Kier molecular flexibility index (Phi) is 61.3. The molecule has 2 unspecified atom stereocenters. The Labute approximate surface area is 562 Å². The van der Waals surface area contributed by atoms with Crippen LogP contribution in [-0.4, -0.2) is 96.7 Å². The van der Waals surface area contributed by atoms with Crippen molar-refractivity contribution >= 4 is 39.5 Å². The zero-order valence-corrected chi connectivity index (χ0v) is 62.0. The lowest BCUT2D eigenvalue weighted by Gasteiger charge is -2.21. The number of aliphatic hydroxyl groups excluding tert-OH is 1. The van der Waals surface area contributed by atoms with Gasteiger partial charge in [0.05, 0.1) is 26.4 Å². The van der Waals surface area contributed by atoms with E-state index in [1.54, 1.807) is 0 Å². The van der Waals surface area contributed by atoms with E-state index in [-0.39, 0.29) is 25.7 Å². The minimum Gasteiger partial charge on any atom is -0.462 e. The molecule has 0 fully saturated rings. The first-order chi connectivity index (χ1) is 44.1. The summed E-state index contributed by atoms with van der Waals surface area (Å²) >= 11 is 0. The van der Waals surface area contributed by atoms with Gasteiger partial charge in [-0.2, -0.15) is 0 Å². The lowest BCUT2D eigenvalue weighted by Crippen LogP contribution is -2.30. The molecule has 0 aliphatic carbocycles. The Balaban J connectivity index is 5.20. The highest BCUT2D eigenvalue weighted by atomic mass is 31.2. The van der Waals surface area contributed by atoms with Gasteiger partial charge in [0.25, 0.3) is 0 Å². The fourth-order valence-corrected chi connectivity index (χ4v) is 12.6. The molecule has 0 rings (SSSR count). The van der Waals surface area contributed by atoms with Crippen LogP contribution in [0.25, 0.3) is 0 Å². The summed E-state index contributed by atoms with van der Waals surface area (Å²) < 4.78 is 68.3. The highest BCUT2D eigenvalue weighted by Crippen LogP contribution is 2.45. The highest BCUT2D eigenvalue weighted by Gasteiger charge is 2.30. The first-order valence-corrected chi connectivity index (χ1v) is 40.7. The molecule has 0 aliphatic heterocycles. The van der Waals surface area contributed by atoms with Gasteiger partial charge in [-0.25, -0.2) is 9.13 Å². The molecule has 0 aromatic carbocycles. The average molecular weight is 1350 g/mol. The number of ether oxygens (including phenoxy) is 4. The lowest BCUT2D eigenvalue weighted by atomic mass is 10.0. The van der Waals surface area contributed by atoms with Crippen LogP contribution in [0.5, 0.6) is 0 Å². The number of esters is 4. The van der Waals surface area contributed by atoms with E-state index in [1.165, 1.54) is 161 Å². The van der Waals surface area contributed by atoms with E-state index in [0.717, 1.165) is 114 Å². The van der Waals surface area contributed by atoms with Crippen molar-refractivity contribution in [2.45, 2.75) is 382 Å². The van der Waals surface area contributed by atoms with Crippen molar-refractivity contribution in [2.75, 3.05) is 39.6 Å². The fourth-order valence-electron chi connectivity index (χ4n) is 11.0. The SMILES string of the molecule is CC(C)CCCCCCCCCCCCCCCCCC(=O)OC[C@H](COP(=O)(O)OC[C@@H](O)COP(=O)(O)OC[C@@H](COC(=O)CCCCCCCCC(C)C)OC(=O)CCCCCCCCCCCCCC(C)C)OC(=O)CCCCCCCCCCC(C)C. The van der Waals surface area contributed by atoms with Gasteiger partial charge in [-0.15, -0.1) is 0 Å². The molecular formula is C73H142O17P2. The quantitative estimate of drug-likeness (QED) is 0.0222. The predicted octanol–water partition coefficient (Wildman–Crippen LogP) is 20.9. The normalized spacial score (nSPS) is 14.2. The zero-order valence-electron chi connectivity index (χ0n) is 60.2. The van der Waals surface area contributed by atoms with Gasteiger partial charge in [-0.3, -0.25) is 37.3 Å². The number of hydrogen-bond acceptors (Lipinski definition) is 15. The van der Waals surface area contributed by atoms with Crippen molar-refractivity contribution in [3.05, 3.63) is 0 Å². The van der Waals surface area contributed by atoms with Crippen LogP contribution in [0, 0.1) is 23.7 Å². The number of aliphatic hydroxyl groups is 1. The van der Waals surface area contributed by atoms with Gasteiger partial charge in [0, 0.05) is 25.7 Å². The topological polar surface area (TPSA) is 237 Å². The first-order valence-electron chi connectivity index (χ1n) is 37.7. The Morgan fingerprint density at radius 3 is 0.674 bits per heavy atom. The van der Waals surface area contributed by atoms with Crippen molar-refractivity contribution in [3.8, 4) is 0 Å². The second-order valence-electron chi connectivity index (χ2n) is 28.2. The number of carbonyl (C=O) groups is 4. The largest absolute Gasteiger partial charge is 0.472 e. The number of phosphoric acid groups is 2. The molecule has 3 N–H and O–H groups in total. The Bertz CT molecular complexity index is 1820. The molecule has 17 nitrogen and oxygen atoms in total. The first kappa shape index (κ1) is 90.1. The second kappa shape index (κ2) is 62.6. The van der Waals surface area contributed by atoms with Gasteiger partial charge in [-0.1, -0.05) is 312 Å². The third kappa shape index (κ3) is 66.7. The number of unbranched alkanes of at least 4 members (excludes halogenated alkanes) is 36. The fraction of sp³-hybridized carbons (Fsp3) is 0.945. The van der Waals surface area contributed by atoms with Gasteiger partial charge in [0.1, 0.15) is 19.3 Å². The van der Waals surface area contributed by atoms with Crippen molar-refractivity contribution in [1.29, 1.82) is 0 Å². The minimum atomic E-state index is -4.95. The molecule has 0 radical (unpaired) electrons. The zero-order chi connectivity index (χ0) is 68.2. The van der Waals surface area contributed by atoms with Crippen molar-refractivity contribution in [2.24, 2.45) is 23.7 Å². The van der Waals surface area contributed by atoms with Crippen LogP contribution in [0.2, 0.25) is 0 Å². The molecule has 0 aliphatic rings. The third-order valence-corrected chi connectivity index (χ3v) is 18.7. The Hall–Kier alpha value is -1.94. The maximum atomic E-state index is 13.0. The summed E-state index contributed by atoms with van der Waals surface area (Å²) in [5.74, 6) is 0.841. The summed E-state index contributed by atoms with van der Waals surface area (Å²) in [6.07, 6.45) is 46.1. The monoisotopic (exact) mass is 1350 g/mol. The van der Waals surface area contributed by atoms with Gasteiger partial charge in [-0.05, 0) is 49.4 Å². The highest BCUT2D eigenvalue weighted by molar-refractivity contribution is 7.47. The lowest BCUT2D eigenvalue weighted by molar-refractivity contribution is -0.161. The number of hydrogen-bond donors (Lipinski definition) is 3. The van der Waals surface area contributed by atoms with Gasteiger partial charge in [0.2, 0.25) is 0 Å². The van der Waals surface area contributed by atoms with Crippen molar-refractivity contribution in [3.63, 3.8) is 0 Å². The van der Waals surface area contributed by atoms with Crippen LogP contribution in [0.15, 0.2) is 0 Å². The van der Waals surface area contributed by atoms with Crippen LogP contribution < -0.4 is 0 Å². The van der Waals surface area contributed by atoms with Crippen LogP contribution in [0.3, 0.4) is 0 Å². The predicted molar refractivity (Wildman–Crippen MR) is 372 cm³/mol. The second-order valence-corrected chi connectivity index (χ2v) is 31.1. The molecule has 0 spiro atoms. The summed E-state index contributed by atoms with van der Waals surface area (Å²) in [5, 5.41) is 10.6. The van der Waals surface area contributed by atoms with E-state index < -0.39 is 97.5 Å². The van der Waals surface area contributed by atoms with E-state index in [4.69, 9.17) is 37.0 Å². The van der Waals surface area contributed by atoms with Crippen molar-refractivity contribution in [1.82, 2.24) is 0 Å². The summed E-state index contributed by atoms with van der Waals surface area (Å²) in [7, 11) is -9.91. The van der Waals surface area contributed by atoms with Gasteiger partial charge < -0.3 is 33.8 Å². The van der Waals surface area contributed by atoms with E-state index >= 15 is 0 Å². The van der Waals surface area contributed by atoms with E-state index in [2.05, 4.69) is 55.4 Å².